The van der Waals surface area contributed by atoms with Crippen molar-refractivity contribution in [2.75, 3.05) is 0 Å². The van der Waals surface area contributed by atoms with E-state index in [0.29, 0.717) is 18.4 Å². The Kier molecular flexibility index (Phi) is 3.69. The zero-order chi connectivity index (χ0) is 13.9. The summed E-state index contributed by atoms with van der Waals surface area (Å²) in [5.41, 5.74) is 6.98. The van der Waals surface area contributed by atoms with Crippen molar-refractivity contribution in [3.63, 3.8) is 0 Å². The Hall–Kier alpha value is -1.88. The number of hydrogen-bond donors (Lipinski definition) is 1. The van der Waals surface area contributed by atoms with E-state index in [0.717, 1.165) is 18.0 Å². The average molecular weight is 273 g/mol. The van der Waals surface area contributed by atoms with E-state index in [2.05, 4.69) is 10.1 Å². The van der Waals surface area contributed by atoms with Gasteiger partial charge in [-0.2, -0.15) is 4.98 Å². The molecule has 1 aliphatic rings. The van der Waals surface area contributed by atoms with Gasteiger partial charge < -0.3 is 15.0 Å². The number of aromatic nitrogens is 2. The molecular formula is C15H19N3O2. The van der Waals surface area contributed by atoms with Gasteiger partial charge in [0, 0.05) is 12.0 Å². The monoisotopic (exact) mass is 273 g/mol. The van der Waals surface area contributed by atoms with Gasteiger partial charge in [-0.3, -0.25) is 0 Å². The quantitative estimate of drug-likeness (QED) is 0.874. The predicted molar refractivity (Wildman–Crippen MR) is 74.4 cm³/mol. The topological polar surface area (TPSA) is 74.2 Å². The minimum atomic E-state index is 0.168. The zero-order valence-electron chi connectivity index (χ0n) is 11.6. The molecule has 106 valence electrons. The molecule has 0 saturated heterocycles. The van der Waals surface area contributed by atoms with Crippen molar-refractivity contribution >= 4 is 0 Å². The SMILES string of the molecule is CC(N)Cc1ccc(OCc2nc(C3CC3)no2)cc1. The van der Waals surface area contributed by atoms with Crippen molar-refractivity contribution in [3.05, 3.63) is 41.5 Å². The summed E-state index contributed by atoms with van der Waals surface area (Å²) in [6, 6.07) is 8.11. The van der Waals surface area contributed by atoms with Crippen molar-refractivity contribution in [2.45, 2.75) is 44.8 Å². The van der Waals surface area contributed by atoms with Gasteiger partial charge in [0.05, 0.1) is 0 Å². The lowest BCUT2D eigenvalue weighted by atomic mass is 10.1. The molecular weight excluding hydrogens is 254 g/mol. The van der Waals surface area contributed by atoms with Crippen LogP contribution < -0.4 is 10.5 Å². The van der Waals surface area contributed by atoms with Gasteiger partial charge in [-0.1, -0.05) is 17.3 Å². The van der Waals surface area contributed by atoms with Crippen LogP contribution in [-0.2, 0) is 13.0 Å². The van der Waals surface area contributed by atoms with Gasteiger partial charge in [0.15, 0.2) is 12.4 Å². The average Bonchev–Trinajstić information content (AvgIpc) is 3.17. The van der Waals surface area contributed by atoms with Crippen LogP contribution >= 0.6 is 0 Å². The molecule has 5 nitrogen and oxygen atoms in total. The molecule has 2 aromatic rings. The van der Waals surface area contributed by atoms with Crippen molar-refractivity contribution in [1.82, 2.24) is 10.1 Å². The highest BCUT2D eigenvalue weighted by Gasteiger charge is 2.28. The number of nitrogens with two attached hydrogens (primary N) is 1. The highest BCUT2D eigenvalue weighted by Crippen LogP contribution is 2.38. The second-order valence-electron chi connectivity index (χ2n) is 5.43. The summed E-state index contributed by atoms with van der Waals surface area (Å²) < 4.78 is 10.8. The van der Waals surface area contributed by atoms with Gasteiger partial charge in [-0.15, -0.1) is 0 Å². The Bertz CT molecular complexity index is 559. The van der Waals surface area contributed by atoms with E-state index < -0.39 is 0 Å². The molecule has 0 radical (unpaired) electrons. The van der Waals surface area contributed by atoms with Crippen molar-refractivity contribution in [1.29, 1.82) is 0 Å². The number of nitrogens with zero attached hydrogens (tertiary/aromatic N) is 2. The van der Waals surface area contributed by atoms with E-state index in [1.165, 1.54) is 18.4 Å². The number of benzene rings is 1. The second kappa shape index (κ2) is 5.63. The summed E-state index contributed by atoms with van der Waals surface area (Å²) in [5.74, 6) is 2.65. The van der Waals surface area contributed by atoms with Crippen LogP contribution in [0.2, 0.25) is 0 Å². The highest BCUT2D eigenvalue weighted by molar-refractivity contribution is 5.27. The standard InChI is InChI=1S/C15H19N3O2/c1-10(16)8-11-2-6-13(7-3-11)19-9-14-17-15(18-20-14)12-4-5-12/h2-3,6-7,10,12H,4-5,8-9,16H2,1H3. The molecule has 0 aliphatic heterocycles. The zero-order valence-corrected chi connectivity index (χ0v) is 11.6. The molecule has 2 N–H and O–H groups in total. The second-order valence-corrected chi connectivity index (χ2v) is 5.43. The lowest BCUT2D eigenvalue weighted by Gasteiger charge is -2.07. The largest absolute Gasteiger partial charge is 0.484 e. The van der Waals surface area contributed by atoms with E-state index in [1.54, 1.807) is 0 Å². The molecule has 1 aromatic heterocycles. The van der Waals surface area contributed by atoms with E-state index >= 15 is 0 Å². The van der Waals surface area contributed by atoms with E-state index in [4.69, 9.17) is 15.0 Å². The normalized spacial score (nSPS) is 16.1. The first-order valence-electron chi connectivity index (χ1n) is 7.00. The van der Waals surface area contributed by atoms with Crippen molar-refractivity contribution in [3.8, 4) is 5.75 Å². The Morgan fingerprint density at radius 1 is 1.35 bits per heavy atom. The van der Waals surface area contributed by atoms with Crippen LogP contribution in [0, 0.1) is 0 Å². The first-order chi connectivity index (χ1) is 9.70. The highest BCUT2D eigenvalue weighted by atomic mass is 16.5. The summed E-state index contributed by atoms with van der Waals surface area (Å²) in [6.45, 7) is 2.31. The summed E-state index contributed by atoms with van der Waals surface area (Å²) in [6.07, 6.45) is 3.20. The smallest absolute Gasteiger partial charge is 0.264 e. The fourth-order valence-corrected chi connectivity index (χ4v) is 2.07. The summed E-state index contributed by atoms with van der Waals surface area (Å²) in [7, 11) is 0. The van der Waals surface area contributed by atoms with E-state index in [9.17, 15) is 0 Å². The Balaban J connectivity index is 1.54. The van der Waals surface area contributed by atoms with Crippen LogP contribution in [-0.4, -0.2) is 16.2 Å². The number of ether oxygens (including phenoxy) is 1. The third-order valence-electron chi connectivity index (χ3n) is 3.27. The molecule has 1 aliphatic carbocycles. The molecule has 1 saturated carbocycles. The van der Waals surface area contributed by atoms with Crippen LogP contribution in [0.15, 0.2) is 28.8 Å². The number of rotatable bonds is 6. The molecule has 1 unspecified atom stereocenters. The summed E-state index contributed by atoms with van der Waals surface area (Å²) >= 11 is 0. The molecule has 1 heterocycles. The fraction of sp³-hybridized carbons (Fsp3) is 0.467. The molecule has 1 atom stereocenters. The first-order valence-corrected chi connectivity index (χ1v) is 7.00. The third kappa shape index (κ3) is 3.36. The Morgan fingerprint density at radius 2 is 2.10 bits per heavy atom. The lowest BCUT2D eigenvalue weighted by molar-refractivity contribution is 0.242. The lowest BCUT2D eigenvalue weighted by Crippen LogP contribution is -2.17. The molecule has 20 heavy (non-hydrogen) atoms. The minimum absolute atomic E-state index is 0.168. The maximum atomic E-state index is 5.77. The van der Waals surface area contributed by atoms with Gasteiger partial charge in [-0.25, -0.2) is 0 Å². The maximum absolute atomic E-state index is 5.77. The minimum Gasteiger partial charge on any atom is -0.484 e. The van der Waals surface area contributed by atoms with Crippen LogP contribution in [0.4, 0.5) is 0 Å². The molecule has 1 fully saturated rings. The molecule has 1 aromatic carbocycles. The molecule has 5 heteroatoms. The van der Waals surface area contributed by atoms with Crippen LogP contribution in [0.1, 0.15) is 43.0 Å². The van der Waals surface area contributed by atoms with Gasteiger partial charge >= 0.3 is 0 Å². The third-order valence-corrected chi connectivity index (χ3v) is 3.27. The summed E-state index contributed by atoms with van der Waals surface area (Å²) in [5, 5.41) is 3.96. The number of hydrogen-bond acceptors (Lipinski definition) is 5. The molecule has 0 amide bonds. The molecule has 0 spiro atoms. The predicted octanol–water partition coefficient (Wildman–Crippen LogP) is 2.42. The van der Waals surface area contributed by atoms with Gasteiger partial charge in [0.25, 0.3) is 5.89 Å². The fourth-order valence-electron chi connectivity index (χ4n) is 2.07. The first kappa shape index (κ1) is 13.1. The van der Waals surface area contributed by atoms with E-state index in [-0.39, 0.29) is 6.04 Å². The van der Waals surface area contributed by atoms with E-state index in [1.807, 2.05) is 31.2 Å². The molecule has 3 rings (SSSR count). The molecule has 0 bridgehead atoms. The van der Waals surface area contributed by atoms with Crippen molar-refractivity contribution < 1.29 is 9.26 Å². The van der Waals surface area contributed by atoms with Crippen LogP contribution in [0.3, 0.4) is 0 Å². The van der Waals surface area contributed by atoms with Crippen LogP contribution in [0.5, 0.6) is 5.75 Å². The Labute approximate surface area is 118 Å². The van der Waals surface area contributed by atoms with Gasteiger partial charge in [-0.05, 0) is 43.9 Å². The maximum Gasteiger partial charge on any atom is 0.264 e. The summed E-state index contributed by atoms with van der Waals surface area (Å²) in [4.78, 5) is 4.32. The Morgan fingerprint density at radius 3 is 2.75 bits per heavy atom. The van der Waals surface area contributed by atoms with Crippen LogP contribution in [0.25, 0.3) is 0 Å². The van der Waals surface area contributed by atoms with Gasteiger partial charge in [0.2, 0.25) is 0 Å². The van der Waals surface area contributed by atoms with Crippen molar-refractivity contribution in [2.24, 2.45) is 5.73 Å². The van der Waals surface area contributed by atoms with Gasteiger partial charge in [0.1, 0.15) is 5.75 Å².